The van der Waals surface area contributed by atoms with Gasteiger partial charge in [-0.15, -0.1) is 20.4 Å². The molecule has 3 N–H and O–H groups in total. The Bertz CT molecular complexity index is 2890. The average molecular weight is 1130 g/mol. The Hall–Kier alpha value is -7.20. The second-order valence-corrected chi connectivity index (χ2v) is 20.0. The van der Waals surface area contributed by atoms with Gasteiger partial charge in [-0.25, -0.2) is 4.58 Å². The van der Waals surface area contributed by atoms with Gasteiger partial charge in [0, 0.05) is 20.5 Å². The summed E-state index contributed by atoms with van der Waals surface area (Å²) in [5, 5.41) is 33.4. The van der Waals surface area contributed by atoms with Crippen molar-refractivity contribution in [3.05, 3.63) is 227 Å². The number of tetrazole rings is 2. The second kappa shape index (κ2) is 29.7. The number of piperidine rings is 2. The van der Waals surface area contributed by atoms with E-state index in [0.717, 1.165) is 100 Å². The first kappa shape index (κ1) is 64.3. The van der Waals surface area contributed by atoms with Gasteiger partial charge in [0.2, 0.25) is 5.91 Å². The van der Waals surface area contributed by atoms with Crippen molar-refractivity contribution >= 4 is 11.8 Å². The van der Waals surface area contributed by atoms with E-state index in [9.17, 15) is 4.79 Å². The molecule has 0 atom stereocenters. The number of likely N-dealkylation sites (N-methyl/N-ethyl adjacent to an activating group) is 1. The van der Waals surface area contributed by atoms with Gasteiger partial charge in [0.15, 0.2) is 11.6 Å². The molecule has 2 aromatic heterocycles. The van der Waals surface area contributed by atoms with Crippen LogP contribution in [0, 0.1) is 0 Å². The maximum absolute atomic E-state index is 14.0. The molecule has 0 bridgehead atoms. The number of benzene rings is 6. The van der Waals surface area contributed by atoms with E-state index in [2.05, 4.69) is 204 Å². The van der Waals surface area contributed by atoms with Gasteiger partial charge < -0.3 is 36.8 Å². The van der Waals surface area contributed by atoms with E-state index in [4.69, 9.17) is 4.74 Å². The first-order chi connectivity index (χ1) is 36.2. The number of hydrogen-bond donors (Lipinski definition) is 3. The van der Waals surface area contributed by atoms with Crippen molar-refractivity contribution in [1.29, 1.82) is 0 Å². The van der Waals surface area contributed by atoms with Gasteiger partial charge in [0.05, 0.1) is 17.4 Å². The minimum absolute atomic E-state index is 0. The van der Waals surface area contributed by atoms with E-state index in [-0.39, 0.29) is 68.8 Å². The maximum Gasteiger partial charge on any atom is 0.351 e. The number of H-pyrrole nitrogens is 2. The molecular formula is C64H85BrN12O2. The predicted molar refractivity (Wildman–Crippen MR) is 316 cm³/mol. The number of likely N-dealkylation sites (tertiary alicyclic amines) is 1. The average Bonchev–Trinajstić information content (AvgIpc) is 4.34. The van der Waals surface area contributed by atoms with Crippen LogP contribution in [0.1, 0.15) is 113 Å². The van der Waals surface area contributed by atoms with Crippen LogP contribution < -0.4 is 22.3 Å². The summed E-state index contributed by atoms with van der Waals surface area (Å²) < 4.78 is 8.09. The van der Waals surface area contributed by atoms with E-state index >= 15 is 0 Å². The number of nitrogens with one attached hydrogen (secondary N) is 3. The molecular weight excluding hydrogens is 1050 g/mol. The topological polar surface area (TPSA) is 157 Å². The maximum atomic E-state index is 14.0. The summed E-state index contributed by atoms with van der Waals surface area (Å²) in [5.74, 6) is 2.71. The summed E-state index contributed by atoms with van der Waals surface area (Å²) in [4.78, 5) is 18.2. The highest BCUT2D eigenvalue weighted by Gasteiger charge is 2.51. The molecule has 8 aromatic rings. The van der Waals surface area contributed by atoms with E-state index in [0.29, 0.717) is 6.42 Å². The molecule has 79 heavy (non-hydrogen) atoms. The lowest BCUT2D eigenvalue weighted by molar-refractivity contribution is -0.476. The van der Waals surface area contributed by atoms with Crippen molar-refractivity contribution in [2.75, 3.05) is 67.5 Å². The number of carbonyl (C=O) groups excluding carboxylic acids is 1. The van der Waals surface area contributed by atoms with Crippen molar-refractivity contribution in [2.45, 2.75) is 89.9 Å². The lowest BCUT2D eigenvalue weighted by atomic mass is 9.70. The van der Waals surface area contributed by atoms with Gasteiger partial charge in [0.25, 0.3) is 0 Å². The largest absolute Gasteiger partial charge is 1.00 e. The SMILES string of the molecule is C.C.C.C.CN(C)C(=O)C(CCN1CCC(c2ccccc2)(c2nn[nH]n2)CC1)(c1ccccc1)c1ccccc1.C[N+](C)=C1OCCC1(c1ccccc1)c1ccccc1.[Br-].c1ccc(C2(c3nn[nH]n3)CCNCC2)cc1. The number of rotatable bonds is 12. The molecule has 0 saturated carbocycles. The van der Waals surface area contributed by atoms with Crippen LogP contribution in [0.25, 0.3) is 0 Å². The summed E-state index contributed by atoms with van der Waals surface area (Å²) in [7, 11) is 7.81. The van der Waals surface area contributed by atoms with Crippen molar-refractivity contribution in [3.8, 4) is 0 Å². The molecule has 3 saturated heterocycles. The first-order valence-electron chi connectivity index (χ1n) is 25.9. The Labute approximate surface area is 481 Å². The molecule has 5 heterocycles. The van der Waals surface area contributed by atoms with Gasteiger partial charge >= 0.3 is 5.90 Å². The van der Waals surface area contributed by atoms with Crippen LogP contribution in [-0.4, -0.2) is 135 Å². The fourth-order valence-corrected chi connectivity index (χ4v) is 11.7. The third-order valence-corrected chi connectivity index (χ3v) is 15.5. The van der Waals surface area contributed by atoms with Crippen LogP contribution in [0.5, 0.6) is 0 Å². The molecule has 420 valence electrons. The Morgan fingerprint density at radius 1 is 0.570 bits per heavy atom. The van der Waals surface area contributed by atoms with Crippen molar-refractivity contribution in [3.63, 3.8) is 0 Å². The van der Waals surface area contributed by atoms with Crippen LogP contribution in [-0.2, 0) is 31.2 Å². The number of aromatic amines is 2. The highest BCUT2D eigenvalue weighted by atomic mass is 79.9. The zero-order chi connectivity index (χ0) is 51.3. The fourth-order valence-electron chi connectivity index (χ4n) is 11.7. The number of amides is 1. The number of nitrogens with zero attached hydrogens (tertiary/aromatic N) is 9. The quantitative estimate of drug-likeness (QED) is 0.105. The zero-order valence-electron chi connectivity index (χ0n) is 43.5. The standard InChI is InChI=1S/C30H34N6O.C18H20NO.C12H15N5.4CH4.BrH/c1-35(2)28(37)30(25-14-8-4-9-15-25,26-16-10-5-11-17-26)20-23-36-21-18-29(19-22-36,27-31-33-34-32-27)24-12-6-3-7-13-24;1-19(2)17-18(13-14-20-17,15-9-5-3-6-10-15)16-11-7-4-8-12-16;1-2-4-10(5-3-1)12(6-8-13-9-7-12)11-14-16-17-15-11;;;;;/h3-17H,18-23H2,1-2H3,(H,31,32,33,34);3-12H,13-14H2,1-2H3;1-5,13H,6-9H2,(H,14,15,16,17);4*1H4;1H/q;+1;;;;;;/p-1. The van der Waals surface area contributed by atoms with Gasteiger partial charge in [-0.05, 0) is 98.2 Å². The van der Waals surface area contributed by atoms with Gasteiger partial charge in [-0.1, -0.05) is 222 Å². The van der Waals surface area contributed by atoms with E-state index in [1.54, 1.807) is 4.90 Å². The zero-order valence-corrected chi connectivity index (χ0v) is 45.1. The second-order valence-electron chi connectivity index (χ2n) is 20.0. The predicted octanol–water partition coefficient (Wildman–Crippen LogP) is 7.53. The van der Waals surface area contributed by atoms with Gasteiger partial charge in [-0.3, -0.25) is 4.79 Å². The molecule has 1 amide bonds. The van der Waals surface area contributed by atoms with Crippen molar-refractivity contribution in [2.24, 2.45) is 0 Å². The molecule has 11 rings (SSSR count). The van der Waals surface area contributed by atoms with E-state index in [1.807, 2.05) is 62.6 Å². The fraction of sp³-hybridized carbons (Fsp3) is 0.375. The molecule has 6 aromatic carbocycles. The number of aromatic nitrogens is 8. The smallest absolute Gasteiger partial charge is 0.351 e. The Morgan fingerprint density at radius 2 is 0.949 bits per heavy atom. The molecule has 15 heteroatoms. The summed E-state index contributed by atoms with van der Waals surface area (Å²) in [5.41, 5.74) is 5.90. The van der Waals surface area contributed by atoms with Crippen LogP contribution in [0.15, 0.2) is 182 Å². The Morgan fingerprint density at radius 3 is 1.32 bits per heavy atom. The Balaban J connectivity index is 0.000000272. The minimum Gasteiger partial charge on any atom is -1.00 e. The Kier molecular flexibility index (Phi) is 24.2. The summed E-state index contributed by atoms with van der Waals surface area (Å²) in [6.45, 7) is 5.32. The molecule has 0 spiro atoms. The van der Waals surface area contributed by atoms with Crippen LogP contribution in [0.4, 0.5) is 0 Å². The van der Waals surface area contributed by atoms with Crippen molar-refractivity contribution < 1.29 is 31.1 Å². The lowest BCUT2D eigenvalue weighted by Gasteiger charge is -2.42. The molecule has 0 unspecified atom stereocenters. The van der Waals surface area contributed by atoms with Crippen molar-refractivity contribution in [1.82, 2.24) is 56.4 Å². The van der Waals surface area contributed by atoms with Gasteiger partial charge in [-0.2, -0.15) is 10.4 Å². The van der Waals surface area contributed by atoms with E-state index in [1.165, 1.54) is 22.3 Å². The molecule has 0 aliphatic carbocycles. The summed E-state index contributed by atoms with van der Waals surface area (Å²) >= 11 is 0. The molecule has 3 fully saturated rings. The monoisotopic (exact) mass is 1130 g/mol. The first-order valence-corrected chi connectivity index (χ1v) is 25.9. The highest BCUT2D eigenvalue weighted by molar-refractivity contribution is 5.92. The molecule has 0 radical (unpaired) electrons. The van der Waals surface area contributed by atoms with Gasteiger partial charge in [0.1, 0.15) is 24.9 Å². The highest BCUT2D eigenvalue weighted by Crippen LogP contribution is 2.44. The molecule has 3 aliphatic rings. The lowest BCUT2D eigenvalue weighted by Crippen LogP contribution is -3.00. The summed E-state index contributed by atoms with van der Waals surface area (Å²) in [6, 6.07) is 62.8. The third-order valence-electron chi connectivity index (χ3n) is 15.5. The van der Waals surface area contributed by atoms with Crippen LogP contribution >= 0.6 is 0 Å². The van der Waals surface area contributed by atoms with Crippen LogP contribution in [0.2, 0.25) is 0 Å². The number of hydrogen-bond acceptors (Lipinski definition) is 10. The van der Waals surface area contributed by atoms with Crippen LogP contribution in [0.3, 0.4) is 0 Å². The number of ether oxygens (including phenoxy) is 1. The number of halogens is 1. The minimum atomic E-state index is -0.756. The number of carbonyl (C=O) groups is 1. The molecule has 14 nitrogen and oxygen atoms in total. The molecule has 3 aliphatic heterocycles. The third kappa shape index (κ3) is 13.5. The van der Waals surface area contributed by atoms with E-state index < -0.39 is 5.41 Å². The summed E-state index contributed by atoms with van der Waals surface area (Å²) in [6.07, 6.45) is 5.48. The normalized spacial score (nSPS) is 15.8.